The second-order valence-electron chi connectivity index (χ2n) is 7.36. The molecule has 8 nitrogen and oxygen atoms in total. The lowest BCUT2D eigenvalue weighted by Gasteiger charge is -2.11. The Labute approximate surface area is 193 Å². The van der Waals surface area contributed by atoms with Gasteiger partial charge < -0.3 is 20.3 Å². The molecule has 186 valence electrons. The van der Waals surface area contributed by atoms with Gasteiger partial charge in [-0.2, -0.15) is 0 Å². The third kappa shape index (κ3) is 5.50. The third-order valence-electron chi connectivity index (χ3n) is 5.02. The number of nitrogens with one attached hydrogen (secondary N) is 1. The summed E-state index contributed by atoms with van der Waals surface area (Å²) in [4.78, 5) is 36.1. The number of hydrogen-bond acceptors (Lipinski definition) is 5. The molecule has 35 heavy (non-hydrogen) atoms. The van der Waals surface area contributed by atoms with E-state index in [1.807, 2.05) is 0 Å². The number of rotatable bonds is 7. The highest BCUT2D eigenvalue weighted by molar-refractivity contribution is 6.05. The molecule has 0 spiro atoms. The van der Waals surface area contributed by atoms with Crippen LogP contribution in [0.25, 0.3) is 10.9 Å². The third-order valence-corrected chi connectivity index (χ3v) is 5.02. The number of ether oxygens (including phenoxy) is 1. The zero-order valence-electron chi connectivity index (χ0n) is 17.9. The fourth-order valence-electron chi connectivity index (χ4n) is 3.49. The summed E-state index contributed by atoms with van der Waals surface area (Å²) >= 11 is 0. The van der Waals surface area contributed by atoms with E-state index in [1.54, 1.807) is 0 Å². The minimum atomic E-state index is -4.95. The predicted octanol–water partition coefficient (Wildman–Crippen LogP) is 3.65. The molecule has 3 N–H and O–H groups in total. The number of aromatic nitrogens is 1. The number of benzene rings is 2. The average Bonchev–Trinajstić information content (AvgIpc) is 3.01. The fourth-order valence-corrected chi connectivity index (χ4v) is 3.49. The van der Waals surface area contributed by atoms with Crippen molar-refractivity contribution in [3.63, 3.8) is 0 Å². The van der Waals surface area contributed by atoms with Crippen molar-refractivity contribution >= 4 is 28.7 Å². The second-order valence-corrected chi connectivity index (χ2v) is 7.36. The molecule has 0 bridgehead atoms. The Balaban J connectivity index is 2.05. The fraction of sp³-hybridized carbons (Fsp3) is 0.227. The predicted molar refractivity (Wildman–Crippen MR) is 110 cm³/mol. The number of amides is 1. The van der Waals surface area contributed by atoms with Crippen LogP contribution in [0.2, 0.25) is 0 Å². The lowest BCUT2D eigenvalue weighted by atomic mass is 10.1. The molecule has 1 amide bonds. The Morgan fingerprint density at radius 2 is 1.74 bits per heavy atom. The monoisotopic (exact) mass is 500 g/mol. The van der Waals surface area contributed by atoms with E-state index in [0.717, 1.165) is 28.8 Å². The smallest absolute Gasteiger partial charge is 0.503 e. The standard InChI is InChI=1S/C22H17F5N2O6/c1-10-13(8-16(30)28-7-6-17(31)32)18-15(9-14(23)20(33)19(18)24)29(10)21(34)11-2-4-12(5-3-11)35-22(25,26)27/h2-5,9,33H,6-8H2,1H3,(H,28,30)(H,31,32). The maximum Gasteiger partial charge on any atom is 0.573 e. The van der Waals surface area contributed by atoms with Gasteiger partial charge in [-0.15, -0.1) is 13.2 Å². The molecule has 2 aromatic carbocycles. The van der Waals surface area contributed by atoms with Gasteiger partial charge in [0.15, 0.2) is 17.4 Å². The van der Waals surface area contributed by atoms with Crippen molar-refractivity contribution in [1.82, 2.24) is 9.88 Å². The van der Waals surface area contributed by atoms with Gasteiger partial charge in [-0.3, -0.25) is 19.0 Å². The second kappa shape index (κ2) is 9.60. The van der Waals surface area contributed by atoms with Gasteiger partial charge in [0, 0.05) is 29.3 Å². The number of carbonyl (C=O) groups excluding carboxylic acids is 2. The maximum atomic E-state index is 14.9. The first-order valence-electron chi connectivity index (χ1n) is 9.90. The van der Waals surface area contributed by atoms with E-state index < -0.39 is 59.1 Å². The first-order chi connectivity index (χ1) is 16.3. The number of alkyl halides is 3. The van der Waals surface area contributed by atoms with Crippen molar-refractivity contribution in [1.29, 1.82) is 0 Å². The van der Waals surface area contributed by atoms with E-state index in [-0.39, 0.29) is 35.3 Å². The minimum absolute atomic E-state index is 0.00194. The SMILES string of the molecule is Cc1c(CC(=O)NCCC(=O)O)c2c(F)c(O)c(F)cc2n1C(=O)c1ccc(OC(F)(F)F)cc1. The number of phenolic OH excluding ortho intramolecular Hbond substituents is 1. The molecule has 0 fully saturated rings. The molecule has 3 rings (SSSR count). The molecule has 0 aliphatic heterocycles. The number of aliphatic carboxylic acids is 1. The van der Waals surface area contributed by atoms with Gasteiger partial charge in [-0.1, -0.05) is 0 Å². The van der Waals surface area contributed by atoms with Crippen LogP contribution >= 0.6 is 0 Å². The summed E-state index contributed by atoms with van der Waals surface area (Å²) in [5.74, 6) is -7.50. The Bertz CT molecular complexity index is 1320. The molecule has 0 saturated heterocycles. The molecule has 0 unspecified atom stereocenters. The molecule has 0 saturated carbocycles. The van der Waals surface area contributed by atoms with E-state index in [4.69, 9.17) is 5.11 Å². The summed E-state index contributed by atoms with van der Waals surface area (Å²) in [7, 11) is 0. The largest absolute Gasteiger partial charge is 0.573 e. The van der Waals surface area contributed by atoms with Gasteiger partial charge in [0.1, 0.15) is 5.75 Å². The van der Waals surface area contributed by atoms with Crippen molar-refractivity contribution in [2.45, 2.75) is 26.1 Å². The Morgan fingerprint density at radius 3 is 2.31 bits per heavy atom. The molecule has 0 atom stereocenters. The highest BCUT2D eigenvalue weighted by Crippen LogP contribution is 2.35. The molecule has 13 heteroatoms. The van der Waals surface area contributed by atoms with Crippen LogP contribution in [0.5, 0.6) is 11.5 Å². The lowest BCUT2D eigenvalue weighted by Crippen LogP contribution is -2.27. The number of halogens is 5. The van der Waals surface area contributed by atoms with Crippen LogP contribution in [0.4, 0.5) is 22.0 Å². The Morgan fingerprint density at radius 1 is 1.11 bits per heavy atom. The van der Waals surface area contributed by atoms with Crippen molar-refractivity contribution in [3.8, 4) is 11.5 Å². The van der Waals surface area contributed by atoms with Crippen LogP contribution in [0.1, 0.15) is 28.0 Å². The zero-order chi connectivity index (χ0) is 26.1. The lowest BCUT2D eigenvalue weighted by molar-refractivity contribution is -0.274. The number of carboxylic acids is 1. The number of carbonyl (C=O) groups is 3. The van der Waals surface area contributed by atoms with Gasteiger partial charge in [-0.05, 0) is 36.8 Å². The maximum absolute atomic E-state index is 14.9. The number of nitrogens with zero attached hydrogens (tertiary/aromatic N) is 1. The van der Waals surface area contributed by atoms with Gasteiger partial charge in [0.2, 0.25) is 5.91 Å². The van der Waals surface area contributed by atoms with Crippen LogP contribution in [0.3, 0.4) is 0 Å². The summed E-state index contributed by atoms with van der Waals surface area (Å²) in [5.41, 5.74) is -0.570. The molecule has 1 aromatic heterocycles. The number of aromatic hydroxyl groups is 1. The van der Waals surface area contributed by atoms with Crippen molar-refractivity contribution in [2.24, 2.45) is 0 Å². The van der Waals surface area contributed by atoms with Crippen molar-refractivity contribution in [2.75, 3.05) is 6.54 Å². The van der Waals surface area contributed by atoms with Crippen LogP contribution in [0, 0.1) is 18.6 Å². The van der Waals surface area contributed by atoms with E-state index in [9.17, 15) is 41.4 Å². The summed E-state index contributed by atoms with van der Waals surface area (Å²) in [6.07, 6.45) is -5.86. The average molecular weight is 500 g/mol. The number of carboxylic acid groups (broad SMARTS) is 1. The Hall–Kier alpha value is -4.16. The first-order valence-corrected chi connectivity index (χ1v) is 9.90. The topological polar surface area (TPSA) is 118 Å². The Kier molecular flexibility index (Phi) is 6.99. The first kappa shape index (κ1) is 25.5. The van der Waals surface area contributed by atoms with Crippen LogP contribution in [-0.4, -0.2) is 45.5 Å². The summed E-state index contributed by atoms with van der Waals surface area (Å²) in [6.45, 7) is 1.10. The normalized spacial score (nSPS) is 11.5. The van der Waals surface area contributed by atoms with E-state index in [2.05, 4.69) is 10.1 Å². The summed E-state index contributed by atoms with van der Waals surface area (Å²) in [6, 6.07) is 4.48. The highest BCUT2D eigenvalue weighted by atomic mass is 19.4. The van der Waals surface area contributed by atoms with Crippen molar-refractivity contribution < 1.29 is 51.3 Å². The quantitative estimate of drug-likeness (QED) is 0.427. The molecular formula is C22H17F5N2O6. The van der Waals surface area contributed by atoms with Gasteiger partial charge >= 0.3 is 12.3 Å². The van der Waals surface area contributed by atoms with Crippen LogP contribution < -0.4 is 10.1 Å². The van der Waals surface area contributed by atoms with Gasteiger partial charge in [0.05, 0.1) is 18.4 Å². The number of phenols is 1. The number of fused-ring (bicyclic) bond motifs is 1. The molecule has 0 aliphatic rings. The van der Waals surface area contributed by atoms with Gasteiger partial charge in [0.25, 0.3) is 5.91 Å². The molecule has 1 heterocycles. The molecule has 0 radical (unpaired) electrons. The zero-order valence-corrected chi connectivity index (χ0v) is 17.9. The molecule has 0 aliphatic carbocycles. The van der Waals surface area contributed by atoms with Crippen LogP contribution in [-0.2, 0) is 16.0 Å². The molecular weight excluding hydrogens is 483 g/mol. The van der Waals surface area contributed by atoms with E-state index in [1.165, 1.54) is 6.92 Å². The van der Waals surface area contributed by atoms with Gasteiger partial charge in [-0.25, -0.2) is 8.78 Å². The number of hydrogen-bond donors (Lipinski definition) is 3. The summed E-state index contributed by atoms with van der Waals surface area (Å²) in [5, 5.41) is 20.3. The molecule has 3 aromatic rings. The highest BCUT2D eigenvalue weighted by Gasteiger charge is 2.31. The summed E-state index contributed by atoms with van der Waals surface area (Å²) < 4.78 is 70.7. The van der Waals surface area contributed by atoms with Crippen molar-refractivity contribution in [3.05, 3.63) is 58.8 Å². The van der Waals surface area contributed by atoms with E-state index in [0.29, 0.717) is 6.07 Å². The van der Waals surface area contributed by atoms with E-state index >= 15 is 0 Å². The van der Waals surface area contributed by atoms with Crippen LogP contribution in [0.15, 0.2) is 30.3 Å². The minimum Gasteiger partial charge on any atom is -0.503 e.